The van der Waals surface area contributed by atoms with E-state index in [1.54, 1.807) is 24.3 Å². The molecule has 0 bridgehead atoms. The lowest BCUT2D eigenvalue weighted by atomic mass is 9.99. The third kappa shape index (κ3) is 4.55. The van der Waals surface area contributed by atoms with Crippen molar-refractivity contribution in [3.05, 3.63) is 39.3 Å². The first kappa shape index (κ1) is 18.2. The van der Waals surface area contributed by atoms with Crippen LogP contribution in [0.15, 0.2) is 24.3 Å². The number of benzene rings is 1. The Morgan fingerprint density at radius 2 is 2.04 bits per heavy atom. The molecule has 0 aliphatic carbocycles. The van der Waals surface area contributed by atoms with Gasteiger partial charge in [-0.1, -0.05) is 29.0 Å². The largest absolute Gasteiger partial charge is 0.320 e. The predicted octanol–water partition coefficient (Wildman–Crippen LogP) is 2.58. The first-order valence-electron chi connectivity index (χ1n) is 7.68. The van der Waals surface area contributed by atoms with Crippen molar-refractivity contribution in [3.8, 4) is 0 Å². The van der Waals surface area contributed by atoms with E-state index in [1.165, 1.54) is 21.9 Å². The van der Waals surface area contributed by atoms with Crippen LogP contribution in [0, 0.1) is 0 Å². The van der Waals surface area contributed by atoms with Crippen molar-refractivity contribution in [2.45, 2.75) is 18.8 Å². The summed E-state index contributed by atoms with van der Waals surface area (Å²) in [5, 5.41) is 12.4. The van der Waals surface area contributed by atoms with E-state index in [0.717, 1.165) is 5.01 Å². The molecular formula is C15H17ClN4O3S2. The average Bonchev–Trinajstić information content (AvgIpc) is 3.04. The molecule has 1 saturated heterocycles. The fourth-order valence-electron chi connectivity index (χ4n) is 2.68. The van der Waals surface area contributed by atoms with Crippen LogP contribution in [-0.2, 0) is 10.0 Å². The maximum atomic E-state index is 12.3. The summed E-state index contributed by atoms with van der Waals surface area (Å²) in [7, 11) is -3.15. The number of amides is 1. The molecule has 0 spiro atoms. The summed E-state index contributed by atoms with van der Waals surface area (Å²) in [6.07, 6.45) is 2.58. The molecule has 0 radical (unpaired) electrons. The molecule has 10 heteroatoms. The third-order valence-corrected chi connectivity index (χ3v) is 6.61. The van der Waals surface area contributed by atoms with Crippen LogP contribution < -0.4 is 5.32 Å². The van der Waals surface area contributed by atoms with Crippen LogP contribution >= 0.6 is 22.9 Å². The first-order chi connectivity index (χ1) is 11.8. The van der Waals surface area contributed by atoms with Gasteiger partial charge in [-0.25, -0.2) is 12.7 Å². The van der Waals surface area contributed by atoms with Crippen molar-refractivity contribution >= 4 is 44.6 Å². The number of nitrogens with one attached hydrogen (secondary N) is 1. The van der Waals surface area contributed by atoms with Crippen molar-refractivity contribution in [2.24, 2.45) is 0 Å². The van der Waals surface area contributed by atoms with Gasteiger partial charge in [0.25, 0.3) is 5.91 Å². The minimum Gasteiger partial charge on any atom is -0.320 e. The molecule has 0 atom stereocenters. The summed E-state index contributed by atoms with van der Waals surface area (Å²) in [6.45, 7) is 0.931. The SMILES string of the molecule is CS(=O)(=O)N1CCC(c2nnc(C(=O)Nc3cccc(Cl)c3)s2)CC1. The van der Waals surface area contributed by atoms with E-state index in [-0.39, 0.29) is 16.8 Å². The molecule has 1 aromatic heterocycles. The molecule has 1 amide bonds. The van der Waals surface area contributed by atoms with Crippen LogP contribution in [0.25, 0.3) is 0 Å². The fourth-order valence-corrected chi connectivity index (χ4v) is 4.65. The van der Waals surface area contributed by atoms with E-state index in [9.17, 15) is 13.2 Å². The standard InChI is InChI=1S/C15H17ClN4O3S2/c1-25(22,23)20-7-5-10(6-8-20)14-18-19-15(24-14)13(21)17-12-4-2-3-11(16)9-12/h2-4,9-10H,5-8H2,1H3,(H,17,21). The van der Waals surface area contributed by atoms with Crippen LogP contribution in [0.1, 0.15) is 33.6 Å². The lowest BCUT2D eigenvalue weighted by Crippen LogP contribution is -2.37. The number of rotatable bonds is 4. The Labute approximate surface area is 155 Å². The second kappa shape index (κ2) is 7.36. The Bertz CT molecular complexity index is 876. The van der Waals surface area contributed by atoms with E-state index < -0.39 is 10.0 Å². The fraction of sp³-hybridized carbons (Fsp3) is 0.400. The second-order valence-corrected chi connectivity index (χ2v) is 9.27. The van der Waals surface area contributed by atoms with E-state index in [1.807, 2.05) is 0 Å². The highest BCUT2D eigenvalue weighted by Crippen LogP contribution is 2.31. The zero-order chi connectivity index (χ0) is 18.0. The zero-order valence-electron chi connectivity index (χ0n) is 13.5. The van der Waals surface area contributed by atoms with E-state index in [4.69, 9.17) is 11.6 Å². The summed E-state index contributed by atoms with van der Waals surface area (Å²) >= 11 is 7.14. The highest BCUT2D eigenvalue weighted by molar-refractivity contribution is 7.88. The number of halogens is 1. The Balaban J connectivity index is 1.64. The number of carbonyl (C=O) groups excluding carboxylic acids is 1. The summed E-state index contributed by atoms with van der Waals surface area (Å²) < 4.78 is 24.6. The van der Waals surface area contributed by atoms with Crippen LogP contribution in [0.3, 0.4) is 0 Å². The van der Waals surface area contributed by atoms with E-state index in [2.05, 4.69) is 15.5 Å². The Morgan fingerprint density at radius 1 is 1.32 bits per heavy atom. The lowest BCUT2D eigenvalue weighted by Gasteiger charge is -2.28. The number of anilines is 1. The molecule has 1 aliphatic heterocycles. The monoisotopic (exact) mass is 400 g/mol. The minimum absolute atomic E-state index is 0.128. The summed E-state index contributed by atoms with van der Waals surface area (Å²) in [5.74, 6) is -0.206. The molecule has 1 aliphatic rings. The molecular weight excluding hydrogens is 384 g/mol. The third-order valence-electron chi connectivity index (χ3n) is 3.99. The maximum Gasteiger partial charge on any atom is 0.286 e. The van der Waals surface area contributed by atoms with Gasteiger partial charge in [-0.05, 0) is 31.0 Å². The van der Waals surface area contributed by atoms with Crippen LogP contribution in [0.5, 0.6) is 0 Å². The maximum absolute atomic E-state index is 12.3. The molecule has 3 rings (SSSR count). The highest BCUT2D eigenvalue weighted by Gasteiger charge is 2.28. The van der Waals surface area contributed by atoms with E-state index >= 15 is 0 Å². The van der Waals surface area contributed by atoms with Crippen molar-refractivity contribution in [3.63, 3.8) is 0 Å². The summed E-state index contributed by atoms with van der Waals surface area (Å²) in [5.41, 5.74) is 0.593. The van der Waals surface area contributed by atoms with Gasteiger partial charge in [0.15, 0.2) is 0 Å². The number of hydrogen-bond acceptors (Lipinski definition) is 6. The predicted molar refractivity (Wildman–Crippen MR) is 97.7 cm³/mol. The van der Waals surface area contributed by atoms with Crippen molar-refractivity contribution in [1.29, 1.82) is 0 Å². The van der Waals surface area contributed by atoms with Crippen molar-refractivity contribution < 1.29 is 13.2 Å². The van der Waals surface area contributed by atoms with Crippen molar-refractivity contribution in [1.82, 2.24) is 14.5 Å². The molecule has 0 saturated carbocycles. The molecule has 1 fully saturated rings. The highest BCUT2D eigenvalue weighted by atomic mass is 35.5. The Morgan fingerprint density at radius 3 is 2.68 bits per heavy atom. The van der Waals surface area contributed by atoms with Gasteiger partial charge in [0, 0.05) is 29.7 Å². The molecule has 1 N–H and O–H groups in total. The Kier molecular flexibility index (Phi) is 5.38. The Hall–Kier alpha value is -1.55. The molecule has 7 nitrogen and oxygen atoms in total. The van der Waals surface area contributed by atoms with Gasteiger partial charge in [-0.15, -0.1) is 10.2 Å². The molecule has 25 heavy (non-hydrogen) atoms. The number of sulfonamides is 1. The van der Waals surface area contributed by atoms with Crippen molar-refractivity contribution in [2.75, 3.05) is 24.7 Å². The molecule has 134 valence electrons. The molecule has 2 aromatic rings. The van der Waals surface area contributed by atoms with Gasteiger partial charge in [-0.3, -0.25) is 4.79 Å². The topological polar surface area (TPSA) is 92.3 Å². The number of nitrogens with zero attached hydrogens (tertiary/aromatic N) is 3. The number of piperidine rings is 1. The van der Waals surface area contributed by atoms with Gasteiger partial charge in [0.2, 0.25) is 15.0 Å². The zero-order valence-corrected chi connectivity index (χ0v) is 15.9. The number of hydrogen-bond donors (Lipinski definition) is 1. The van der Waals surface area contributed by atoms with Gasteiger partial charge >= 0.3 is 0 Å². The average molecular weight is 401 g/mol. The normalized spacial score (nSPS) is 16.7. The summed E-state index contributed by atoms with van der Waals surface area (Å²) in [6, 6.07) is 6.87. The van der Waals surface area contributed by atoms with Crippen LogP contribution in [-0.4, -0.2) is 48.2 Å². The second-order valence-electron chi connectivity index (χ2n) is 5.85. The molecule has 2 heterocycles. The summed E-state index contributed by atoms with van der Waals surface area (Å²) in [4.78, 5) is 12.3. The van der Waals surface area contributed by atoms with Gasteiger partial charge in [-0.2, -0.15) is 0 Å². The number of aromatic nitrogens is 2. The van der Waals surface area contributed by atoms with E-state index in [0.29, 0.717) is 36.6 Å². The van der Waals surface area contributed by atoms with Gasteiger partial charge < -0.3 is 5.32 Å². The quantitative estimate of drug-likeness (QED) is 0.851. The van der Waals surface area contributed by atoms with Gasteiger partial charge in [0.05, 0.1) is 6.26 Å². The van der Waals surface area contributed by atoms with Crippen LogP contribution in [0.2, 0.25) is 5.02 Å². The molecule has 0 unspecified atom stereocenters. The smallest absolute Gasteiger partial charge is 0.286 e. The number of carbonyl (C=O) groups is 1. The minimum atomic E-state index is -3.15. The molecule has 1 aromatic carbocycles. The van der Waals surface area contributed by atoms with Gasteiger partial charge in [0.1, 0.15) is 5.01 Å². The first-order valence-corrected chi connectivity index (χ1v) is 10.7. The van der Waals surface area contributed by atoms with Crippen LogP contribution in [0.4, 0.5) is 5.69 Å². The lowest BCUT2D eigenvalue weighted by molar-refractivity contribution is 0.102.